The Morgan fingerprint density at radius 3 is 2.72 bits per heavy atom. The minimum atomic E-state index is -1.48. The molecule has 1 fully saturated rings. The molecule has 1 aromatic heterocycles. The highest BCUT2D eigenvalue weighted by Gasteiger charge is 2.43. The highest BCUT2D eigenvalue weighted by atomic mass is 19.1. The molecule has 0 amide bonds. The van der Waals surface area contributed by atoms with Crippen molar-refractivity contribution in [3.63, 3.8) is 0 Å². The molecule has 2 heterocycles. The van der Waals surface area contributed by atoms with E-state index in [0.29, 0.717) is 4.57 Å². The van der Waals surface area contributed by atoms with Crippen LogP contribution in [-0.4, -0.2) is 49.8 Å². The van der Waals surface area contributed by atoms with Crippen molar-refractivity contribution < 1.29 is 24.4 Å². The summed E-state index contributed by atoms with van der Waals surface area (Å²) in [6.07, 6.45) is -4.52. The van der Waals surface area contributed by atoms with E-state index in [2.05, 4.69) is 4.98 Å². The van der Waals surface area contributed by atoms with Gasteiger partial charge in [-0.25, -0.2) is 9.18 Å². The second-order valence-corrected chi connectivity index (χ2v) is 3.89. The minimum Gasteiger partial charge on any atom is -0.394 e. The van der Waals surface area contributed by atoms with Gasteiger partial charge in [-0.1, -0.05) is 0 Å². The van der Waals surface area contributed by atoms with Crippen LogP contribution in [0.5, 0.6) is 0 Å². The van der Waals surface area contributed by atoms with Crippen LogP contribution in [0.4, 0.5) is 10.2 Å². The maximum absolute atomic E-state index is 13.2. The first-order valence-electron chi connectivity index (χ1n) is 5.12. The highest BCUT2D eigenvalue weighted by Crippen LogP contribution is 2.28. The van der Waals surface area contributed by atoms with Crippen LogP contribution in [0.2, 0.25) is 0 Å². The number of hydrogen-bond acceptors (Lipinski definition) is 7. The van der Waals surface area contributed by atoms with Crippen LogP contribution in [-0.2, 0) is 4.74 Å². The molecule has 2 unspecified atom stereocenters. The van der Waals surface area contributed by atoms with E-state index in [1.54, 1.807) is 0 Å². The average molecular weight is 261 g/mol. The maximum atomic E-state index is 13.2. The fourth-order valence-electron chi connectivity index (χ4n) is 1.75. The van der Waals surface area contributed by atoms with Crippen molar-refractivity contribution in [2.45, 2.75) is 24.5 Å². The van der Waals surface area contributed by atoms with Crippen molar-refractivity contribution in [3.05, 3.63) is 22.5 Å². The molecule has 1 aliphatic rings. The van der Waals surface area contributed by atoms with E-state index in [-0.39, 0.29) is 0 Å². The third kappa shape index (κ3) is 1.97. The van der Waals surface area contributed by atoms with E-state index >= 15 is 0 Å². The second-order valence-electron chi connectivity index (χ2n) is 3.89. The minimum absolute atomic E-state index is 0.547. The van der Waals surface area contributed by atoms with Crippen LogP contribution in [0, 0.1) is 5.82 Å². The Kier molecular flexibility index (Phi) is 3.30. The summed E-state index contributed by atoms with van der Waals surface area (Å²) in [5, 5.41) is 28.1. The summed E-state index contributed by atoms with van der Waals surface area (Å²) in [5.74, 6) is -1.52. The fourth-order valence-corrected chi connectivity index (χ4v) is 1.75. The van der Waals surface area contributed by atoms with Gasteiger partial charge in [-0.2, -0.15) is 4.98 Å². The van der Waals surface area contributed by atoms with E-state index in [9.17, 15) is 19.4 Å². The topological polar surface area (TPSA) is 131 Å². The standard InChI is InChI=1S/C9H12FN3O5/c10-3-1-13(9(17)12-7(3)11)8-6(16)5(15)4(2-14)18-8/h1,4-6,8,14-16H,2H2,(H2,11,12,17)/t4-,5?,6?,8-/m1/s1. The Hall–Kier alpha value is -1.55. The van der Waals surface area contributed by atoms with E-state index in [0.717, 1.165) is 6.20 Å². The van der Waals surface area contributed by atoms with Crippen molar-refractivity contribution in [1.82, 2.24) is 9.55 Å². The van der Waals surface area contributed by atoms with Crippen molar-refractivity contribution in [3.8, 4) is 0 Å². The fraction of sp³-hybridized carbons (Fsp3) is 0.556. The molecular weight excluding hydrogens is 249 g/mol. The Morgan fingerprint density at radius 1 is 1.50 bits per heavy atom. The molecule has 5 N–H and O–H groups in total. The van der Waals surface area contributed by atoms with Crippen molar-refractivity contribution in [2.75, 3.05) is 12.3 Å². The van der Waals surface area contributed by atoms with Crippen LogP contribution in [0.15, 0.2) is 11.0 Å². The molecule has 8 nitrogen and oxygen atoms in total. The Labute approximate surface area is 100 Å². The normalized spacial score (nSPS) is 31.8. The van der Waals surface area contributed by atoms with Crippen LogP contribution in [0.25, 0.3) is 0 Å². The number of nitrogen functional groups attached to an aromatic ring is 1. The van der Waals surface area contributed by atoms with Crippen LogP contribution in [0.3, 0.4) is 0 Å². The summed E-state index contributed by atoms with van der Waals surface area (Å²) in [6, 6.07) is 0. The number of aromatic nitrogens is 2. The van der Waals surface area contributed by atoms with E-state index in [1.807, 2.05) is 0 Å². The molecule has 4 atom stereocenters. The smallest absolute Gasteiger partial charge is 0.351 e. The van der Waals surface area contributed by atoms with E-state index in [4.69, 9.17) is 15.6 Å². The van der Waals surface area contributed by atoms with Gasteiger partial charge in [0.25, 0.3) is 0 Å². The van der Waals surface area contributed by atoms with Crippen molar-refractivity contribution in [1.29, 1.82) is 0 Å². The number of hydrogen-bond donors (Lipinski definition) is 4. The predicted molar refractivity (Wildman–Crippen MR) is 55.9 cm³/mol. The van der Waals surface area contributed by atoms with Gasteiger partial charge in [0, 0.05) is 0 Å². The van der Waals surface area contributed by atoms with Crippen molar-refractivity contribution in [2.24, 2.45) is 0 Å². The Bertz CT molecular complexity index is 507. The maximum Gasteiger partial charge on any atom is 0.351 e. The number of halogens is 1. The molecule has 18 heavy (non-hydrogen) atoms. The van der Waals surface area contributed by atoms with Crippen molar-refractivity contribution >= 4 is 5.82 Å². The number of ether oxygens (including phenoxy) is 1. The zero-order chi connectivity index (χ0) is 13.4. The SMILES string of the molecule is Nc1nc(=O)n([C@@H]2O[C@H](CO)C(O)C2O)cc1F. The van der Waals surface area contributed by atoms with Crippen LogP contribution < -0.4 is 11.4 Å². The molecule has 100 valence electrons. The van der Waals surface area contributed by atoms with Gasteiger partial charge in [-0.15, -0.1) is 0 Å². The van der Waals surface area contributed by atoms with Gasteiger partial charge in [0.15, 0.2) is 17.9 Å². The lowest BCUT2D eigenvalue weighted by Crippen LogP contribution is -2.36. The summed E-state index contributed by atoms with van der Waals surface area (Å²) < 4.78 is 19.0. The van der Waals surface area contributed by atoms with Gasteiger partial charge >= 0.3 is 5.69 Å². The van der Waals surface area contributed by atoms with Gasteiger partial charge in [-0.3, -0.25) is 4.57 Å². The predicted octanol–water partition coefficient (Wildman–Crippen LogP) is -2.42. The number of anilines is 1. The molecule has 0 saturated carbocycles. The zero-order valence-corrected chi connectivity index (χ0v) is 9.10. The number of aliphatic hydroxyl groups is 3. The Balaban J connectivity index is 2.39. The first-order valence-corrected chi connectivity index (χ1v) is 5.12. The van der Waals surface area contributed by atoms with Crippen LogP contribution in [0.1, 0.15) is 6.23 Å². The molecule has 9 heteroatoms. The number of aliphatic hydroxyl groups excluding tert-OH is 3. The number of rotatable bonds is 2. The van der Waals surface area contributed by atoms with Gasteiger partial charge in [-0.05, 0) is 0 Å². The second kappa shape index (κ2) is 4.61. The molecule has 1 aromatic rings. The largest absolute Gasteiger partial charge is 0.394 e. The average Bonchev–Trinajstić information content (AvgIpc) is 2.61. The highest BCUT2D eigenvalue weighted by molar-refractivity contribution is 5.26. The van der Waals surface area contributed by atoms with Gasteiger partial charge in [0.2, 0.25) is 0 Å². The van der Waals surface area contributed by atoms with Gasteiger partial charge in [0.05, 0.1) is 12.8 Å². The van der Waals surface area contributed by atoms with Gasteiger partial charge < -0.3 is 25.8 Å². The van der Waals surface area contributed by atoms with Gasteiger partial charge in [0.1, 0.15) is 18.3 Å². The first kappa shape index (κ1) is 12.9. The molecule has 0 spiro atoms. The number of nitrogens with two attached hydrogens (primary N) is 1. The third-order valence-electron chi connectivity index (χ3n) is 2.73. The van der Waals surface area contributed by atoms with E-state index < -0.39 is 48.5 Å². The molecule has 2 rings (SSSR count). The molecule has 0 radical (unpaired) electrons. The van der Waals surface area contributed by atoms with E-state index in [1.165, 1.54) is 0 Å². The summed E-state index contributed by atoms with van der Waals surface area (Å²) in [5.41, 5.74) is 4.18. The summed E-state index contributed by atoms with van der Waals surface area (Å²) in [6.45, 7) is -0.547. The lowest BCUT2D eigenvalue weighted by atomic mass is 10.1. The molecule has 0 aliphatic carbocycles. The number of nitrogens with zero attached hydrogens (tertiary/aromatic N) is 2. The lowest BCUT2D eigenvalue weighted by molar-refractivity contribution is -0.0553. The molecule has 1 aliphatic heterocycles. The molecular formula is C9H12FN3O5. The lowest BCUT2D eigenvalue weighted by Gasteiger charge is -2.17. The third-order valence-corrected chi connectivity index (χ3v) is 2.73. The Morgan fingerprint density at radius 2 is 2.17 bits per heavy atom. The summed E-state index contributed by atoms with van der Waals surface area (Å²) >= 11 is 0. The summed E-state index contributed by atoms with van der Waals surface area (Å²) in [7, 11) is 0. The quantitative estimate of drug-likeness (QED) is 0.465. The molecule has 1 saturated heterocycles. The summed E-state index contributed by atoms with van der Waals surface area (Å²) in [4.78, 5) is 14.7. The first-order chi connectivity index (χ1) is 8.45. The van der Waals surface area contributed by atoms with Crippen LogP contribution >= 0.6 is 0 Å². The monoisotopic (exact) mass is 261 g/mol. The molecule has 0 aromatic carbocycles. The molecule has 0 bridgehead atoms. The zero-order valence-electron chi connectivity index (χ0n) is 9.10.